The number of nitrogens with one attached hydrogen (secondary N) is 2. The topological polar surface area (TPSA) is 76.1 Å². The van der Waals surface area contributed by atoms with Crippen LogP contribution in [0.4, 0.5) is 11.5 Å². The first-order chi connectivity index (χ1) is 12.1. The summed E-state index contributed by atoms with van der Waals surface area (Å²) in [6, 6.07) is 9.57. The summed E-state index contributed by atoms with van der Waals surface area (Å²) >= 11 is 0. The minimum absolute atomic E-state index is 0.140. The van der Waals surface area contributed by atoms with Crippen molar-refractivity contribution in [3.05, 3.63) is 42.4 Å². The van der Waals surface area contributed by atoms with Crippen LogP contribution in [0, 0.1) is 0 Å². The Morgan fingerprint density at radius 2 is 1.88 bits per heavy atom. The Labute approximate surface area is 148 Å². The molecule has 1 aliphatic rings. The van der Waals surface area contributed by atoms with Gasteiger partial charge in [-0.05, 0) is 51.0 Å². The number of ether oxygens (including phenoxy) is 1. The number of aromatic nitrogens is 2. The lowest BCUT2D eigenvalue weighted by Crippen LogP contribution is -2.33. The Balaban J connectivity index is 1.63. The Bertz CT molecular complexity index is 710. The van der Waals surface area contributed by atoms with Crippen molar-refractivity contribution in [2.45, 2.75) is 51.7 Å². The van der Waals surface area contributed by atoms with Crippen LogP contribution in [-0.2, 0) is 0 Å². The highest BCUT2D eigenvalue weighted by atomic mass is 16.5. The van der Waals surface area contributed by atoms with Crippen LogP contribution in [0.25, 0.3) is 0 Å². The van der Waals surface area contributed by atoms with Crippen LogP contribution < -0.4 is 15.4 Å². The molecule has 1 amide bonds. The first-order valence-electron chi connectivity index (χ1n) is 8.77. The zero-order chi connectivity index (χ0) is 17.6. The van der Waals surface area contributed by atoms with Gasteiger partial charge in [-0.25, -0.2) is 9.97 Å². The molecule has 25 heavy (non-hydrogen) atoms. The smallest absolute Gasteiger partial charge is 0.270 e. The molecular weight excluding hydrogens is 316 g/mol. The molecule has 0 saturated heterocycles. The van der Waals surface area contributed by atoms with Gasteiger partial charge in [-0.3, -0.25) is 4.79 Å². The zero-order valence-corrected chi connectivity index (χ0v) is 14.7. The van der Waals surface area contributed by atoms with Crippen LogP contribution in [0.5, 0.6) is 5.75 Å². The van der Waals surface area contributed by atoms with E-state index in [1.807, 2.05) is 38.1 Å². The van der Waals surface area contributed by atoms with E-state index >= 15 is 0 Å². The maximum absolute atomic E-state index is 12.3. The molecule has 0 bridgehead atoms. The van der Waals surface area contributed by atoms with Gasteiger partial charge in [0.05, 0.1) is 6.10 Å². The minimum atomic E-state index is -0.141. The average Bonchev–Trinajstić information content (AvgIpc) is 3.09. The third-order valence-corrected chi connectivity index (χ3v) is 4.09. The maximum atomic E-state index is 12.3. The van der Waals surface area contributed by atoms with Gasteiger partial charge in [0.1, 0.15) is 23.6 Å². The molecule has 1 saturated carbocycles. The van der Waals surface area contributed by atoms with Crippen LogP contribution in [0.1, 0.15) is 50.0 Å². The maximum Gasteiger partial charge on any atom is 0.270 e. The van der Waals surface area contributed by atoms with Crippen molar-refractivity contribution in [1.29, 1.82) is 0 Å². The second-order valence-corrected chi connectivity index (χ2v) is 6.56. The SMILES string of the molecule is CC(C)Oc1ccc(Nc2cc(C(=O)NC3CCCC3)ncn2)cc1. The summed E-state index contributed by atoms with van der Waals surface area (Å²) in [5.41, 5.74) is 1.25. The van der Waals surface area contributed by atoms with E-state index in [2.05, 4.69) is 20.6 Å². The molecule has 0 unspecified atom stereocenters. The highest BCUT2D eigenvalue weighted by Crippen LogP contribution is 2.21. The first kappa shape index (κ1) is 17.2. The zero-order valence-electron chi connectivity index (χ0n) is 14.7. The Morgan fingerprint density at radius 1 is 1.16 bits per heavy atom. The molecule has 0 spiro atoms. The van der Waals surface area contributed by atoms with Crippen LogP contribution in [0.3, 0.4) is 0 Å². The largest absolute Gasteiger partial charge is 0.491 e. The lowest BCUT2D eigenvalue weighted by Gasteiger charge is -2.12. The summed E-state index contributed by atoms with van der Waals surface area (Å²) < 4.78 is 5.63. The van der Waals surface area contributed by atoms with Gasteiger partial charge in [-0.1, -0.05) is 12.8 Å². The molecule has 1 aromatic carbocycles. The monoisotopic (exact) mass is 340 g/mol. The van der Waals surface area contributed by atoms with Gasteiger partial charge in [0.2, 0.25) is 0 Å². The summed E-state index contributed by atoms with van der Waals surface area (Å²) in [6.45, 7) is 3.98. The average molecular weight is 340 g/mol. The van der Waals surface area contributed by atoms with Gasteiger partial charge in [0.25, 0.3) is 5.91 Å². The lowest BCUT2D eigenvalue weighted by molar-refractivity contribution is 0.0932. The normalized spacial score (nSPS) is 14.5. The van der Waals surface area contributed by atoms with Crippen molar-refractivity contribution >= 4 is 17.4 Å². The van der Waals surface area contributed by atoms with Crippen molar-refractivity contribution in [3.8, 4) is 5.75 Å². The molecule has 6 heteroatoms. The van der Waals surface area contributed by atoms with Gasteiger partial charge in [0, 0.05) is 17.8 Å². The van der Waals surface area contributed by atoms with E-state index < -0.39 is 0 Å². The van der Waals surface area contributed by atoms with Crippen molar-refractivity contribution in [2.24, 2.45) is 0 Å². The lowest BCUT2D eigenvalue weighted by atomic mass is 10.2. The summed E-state index contributed by atoms with van der Waals surface area (Å²) in [5.74, 6) is 1.27. The van der Waals surface area contributed by atoms with Crippen molar-refractivity contribution in [3.63, 3.8) is 0 Å². The molecule has 1 aliphatic carbocycles. The fourth-order valence-corrected chi connectivity index (χ4v) is 2.92. The number of rotatable bonds is 6. The predicted molar refractivity (Wildman–Crippen MR) is 97.2 cm³/mol. The van der Waals surface area contributed by atoms with Crippen LogP contribution in [0.2, 0.25) is 0 Å². The third-order valence-electron chi connectivity index (χ3n) is 4.09. The van der Waals surface area contributed by atoms with Crippen LogP contribution in [0.15, 0.2) is 36.7 Å². The summed E-state index contributed by atoms with van der Waals surface area (Å²) in [5, 5.41) is 6.23. The van der Waals surface area contributed by atoms with Gasteiger partial charge in [-0.2, -0.15) is 0 Å². The van der Waals surface area contributed by atoms with Crippen molar-refractivity contribution in [2.75, 3.05) is 5.32 Å². The number of hydrogen-bond donors (Lipinski definition) is 2. The standard InChI is InChI=1S/C19H24N4O2/c1-13(2)25-16-9-7-15(8-10-16)22-18-11-17(20-12-21-18)19(24)23-14-5-3-4-6-14/h7-14H,3-6H2,1-2H3,(H,23,24)(H,20,21,22). The predicted octanol–water partition coefficient (Wildman–Crippen LogP) is 3.68. The number of hydrogen-bond acceptors (Lipinski definition) is 5. The molecule has 2 aromatic rings. The Hall–Kier alpha value is -2.63. The molecular formula is C19H24N4O2. The van der Waals surface area contributed by atoms with Crippen LogP contribution >= 0.6 is 0 Å². The van der Waals surface area contributed by atoms with E-state index in [1.165, 1.54) is 19.2 Å². The molecule has 6 nitrogen and oxygen atoms in total. The molecule has 1 heterocycles. The van der Waals surface area contributed by atoms with Crippen LogP contribution in [-0.4, -0.2) is 28.0 Å². The quantitative estimate of drug-likeness (QED) is 0.839. The number of amides is 1. The van der Waals surface area contributed by atoms with E-state index in [4.69, 9.17) is 4.74 Å². The number of anilines is 2. The van der Waals surface area contributed by atoms with Crippen molar-refractivity contribution < 1.29 is 9.53 Å². The Morgan fingerprint density at radius 3 is 2.56 bits per heavy atom. The van der Waals surface area contributed by atoms with E-state index in [-0.39, 0.29) is 18.1 Å². The summed E-state index contributed by atoms with van der Waals surface area (Å²) in [6.07, 6.45) is 6.00. The third kappa shape index (κ3) is 4.92. The first-order valence-corrected chi connectivity index (χ1v) is 8.77. The minimum Gasteiger partial charge on any atom is -0.491 e. The molecule has 1 aromatic heterocycles. The highest BCUT2D eigenvalue weighted by Gasteiger charge is 2.18. The second-order valence-electron chi connectivity index (χ2n) is 6.56. The molecule has 0 atom stereocenters. The van der Waals surface area contributed by atoms with Gasteiger partial charge < -0.3 is 15.4 Å². The Kier molecular flexibility index (Phi) is 5.48. The van der Waals surface area contributed by atoms with E-state index in [9.17, 15) is 4.79 Å². The molecule has 0 aliphatic heterocycles. The molecule has 1 fully saturated rings. The van der Waals surface area contributed by atoms with E-state index in [0.717, 1.165) is 24.3 Å². The number of carbonyl (C=O) groups excluding carboxylic acids is 1. The number of benzene rings is 1. The van der Waals surface area contributed by atoms with E-state index in [0.29, 0.717) is 11.5 Å². The molecule has 0 radical (unpaired) electrons. The number of nitrogens with zero attached hydrogens (tertiary/aromatic N) is 2. The second kappa shape index (κ2) is 7.96. The van der Waals surface area contributed by atoms with Gasteiger partial charge >= 0.3 is 0 Å². The molecule has 2 N–H and O–H groups in total. The highest BCUT2D eigenvalue weighted by molar-refractivity contribution is 5.93. The fraction of sp³-hybridized carbons (Fsp3) is 0.421. The molecule has 3 rings (SSSR count). The summed E-state index contributed by atoms with van der Waals surface area (Å²) in [4.78, 5) is 20.6. The number of carbonyl (C=O) groups is 1. The molecule has 132 valence electrons. The fourth-order valence-electron chi connectivity index (χ4n) is 2.92. The van der Waals surface area contributed by atoms with Gasteiger partial charge in [0.15, 0.2) is 0 Å². The van der Waals surface area contributed by atoms with E-state index in [1.54, 1.807) is 6.07 Å². The van der Waals surface area contributed by atoms with Gasteiger partial charge in [-0.15, -0.1) is 0 Å². The summed E-state index contributed by atoms with van der Waals surface area (Å²) in [7, 11) is 0. The van der Waals surface area contributed by atoms with Crippen molar-refractivity contribution in [1.82, 2.24) is 15.3 Å².